The molecular weight excluding hydrogens is 337 g/mol. The summed E-state index contributed by atoms with van der Waals surface area (Å²) in [5, 5.41) is 10.9. The summed E-state index contributed by atoms with van der Waals surface area (Å²) in [6.45, 7) is 0. The largest absolute Gasteiger partial charge is 0.508 e. The molecule has 3 aromatic rings. The van der Waals surface area contributed by atoms with Crippen LogP contribution in [0, 0.1) is 5.82 Å². The highest BCUT2D eigenvalue weighted by Gasteiger charge is 2.20. The predicted octanol–water partition coefficient (Wildman–Crippen LogP) is 4.06. The Morgan fingerprint density at radius 1 is 1.00 bits per heavy atom. The van der Waals surface area contributed by atoms with Crippen molar-refractivity contribution in [2.75, 3.05) is 4.72 Å². The summed E-state index contributed by atoms with van der Waals surface area (Å²) < 4.78 is 39.7. The zero-order chi connectivity index (χ0) is 16.4. The molecule has 0 atom stereocenters. The van der Waals surface area contributed by atoms with Gasteiger partial charge in [0.05, 0.1) is 0 Å². The van der Waals surface area contributed by atoms with Crippen molar-refractivity contribution in [3.8, 4) is 16.9 Å². The summed E-state index contributed by atoms with van der Waals surface area (Å²) in [6, 6.07) is 14.5. The van der Waals surface area contributed by atoms with E-state index >= 15 is 0 Å². The van der Waals surface area contributed by atoms with Crippen LogP contribution in [0.2, 0.25) is 0 Å². The fourth-order valence-electron chi connectivity index (χ4n) is 2.09. The molecule has 23 heavy (non-hydrogen) atoms. The van der Waals surface area contributed by atoms with Gasteiger partial charge in [0.15, 0.2) is 10.0 Å². The van der Waals surface area contributed by atoms with E-state index in [2.05, 4.69) is 4.72 Å². The Labute approximate surface area is 136 Å². The van der Waals surface area contributed by atoms with Gasteiger partial charge in [0.25, 0.3) is 10.0 Å². The second kappa shape index (κ2) is 6.02. The maximum absolute atomic E-state index is 13.4. The van der Waals surface area contributed by atoms with Crippen LogP contribution in [-0.2, 0) is 10.0 Å². The molecule has 0 bridgehead atoms. The molecule has 4 nitrogen and oxygen atoms in total. The van der Waals surface area contributed by atoms with E-state index in [9.17, 15) is 17.9 Å². The quantitative estimate of drug-likeness (QED) is 0.746. The molecule has 0 saturated heterocycles. The van der Waals surface area contributed by atoms with E-state index in [1.807, 2.05) is 6.07 Å². The molecule has 0 saturated carbocycles. The first-order valence-corrected chi connectivity index (χ1v) is 8.97. The first-order chi connectivity index (χ1) is 11.0. The Hall–Kier alpha value is -2.38. The van der Waals surface area contributed by atoms with E-state index in [1.54, 1.807) is 42.5 Å². The molecule has 1 aromatic heterocycles. The van der Waals surface area contributed by atoms with Gasteiger partial charge in [-0.3, -0.25) is 4.72 Å². The first kappa shape index (κ1) is 15.5. The molecule has 1 heterocycles. The van der Waals surface area contributed by atoms with Crippen molar-refractivity contribution in [3.05, 3.63) is 65.8 Å². The predicted molar refractivity (Wildman–Crippen MR) is 88.6 cm³/mol. The van der Waals surface area contributed by atoms with E-state index in [-0.39, 0.29) is 9.96 Å². The number of hydrogen-bond acceptors (Lipinski definition) is 4. The lowest BCUT2D eigenvalue weighted by molar-refractivity contribution is 0.475. The zero-order valence-electron chi connectivity index (χ0n) is 11.7. The number of phenolic OH excluding ortho intramolecular Hbond substituents is 1. The molecule has 0 spiro atoms. The molecule has 7 heteroatoms. The summed E-state index contributed by atoms with van der Waals surface area (Å²) in [5.41, 5.74) is 1.97. The Balaban J connectivity index is 1.85. The molecule has 118 valence electrons. The van der Waals surface area contributed by atoms with Gasteiger partial charge in [0.2, 0.25) is 0 Å². The van der Waals surface area contributed by atoms with Crippen LogP contribution in [0.5, 0.6) is 5.75 Å². The Morgan fingerprint density at radius 3 is 2.35 bits per heavy atom. The minimum Gasteiger partial charge on any atom is -0.508 e. The molecule has 0 amide bonds. The van der Waals surface area contributed by atoms with Crippen LogP contribution < -0.4 is 4.72 Å². The van der Waals surface area contributed by atoms with Crippen molar-refractivity contribution in [1.82, 2.24) is 0 Å². The van der Waals surface area contributed by atoms with Crippen LogP contribution in [0.4, 0.5) is 10.1 Å². The topological polar surface area (TPSA) is 66.4 Å². The molecule has 0 aliphatic carbocycles. The van der Waals surface area contributed by atoms with E-state index < -0.39 is 15.8 Å². The van der Waals surface area contributed by atoms with Crippen LogP contribution in [-0.4, -0.2) is 13.5 Å². The van der Waals surface area contributed by atoms with Crippen LogP contribution >= 0.6 is 11.3 Å². The summed E-state index contributed by atoms with van der Waals surface area (Å²) in [5.74, 6) is -0.612. The number of phenols is 1. The number of anilines is 1. The Morgan fingerprint density at radius 2 is 1.74 bits per heavy atom. The molecule has 2 N–H and O–H groups in total. The van der Waals surface area contributed by atoms with Crippen LogP contribution in [0.15, 0.2) is 64.2 Å². The molecule has 0 aliphatic rings. The molecular formula is C16H12FNO3S2. The monoisotopic (exact) mass is 349 g/mol. The second-order valence-electron chi connectivity index (χ2n) is 4.79. The number of sulfonamides is 1. The summed E-state index contributed by atoms with van der Waals surface area (Å²) in [7, 11) is -3.93. The highest BCUT2D eigenvalue weighted by Crippen LogP contribution is 2.27. The summed E-state index contributed by atoms with van der Waals surface area (Å²) in [4.78, 5) is 0. The fourth-order valence-corrected chi connectivity index (χ4v) is 4.24. The van der Waals surface area contributed by atoms with Crippen LogP contribution in [0.3, 0.4) is 0 Å². The van der Waals surface area contributed by atoms with Gasteiger partial charge in [-0.05, 0) is 46.8 Å². The second-order valence-corrected chi connectivity index (χ2v) is 7.58. The molecule has 0 aliphatic heterocycles. The molecule has 0 unspecified atom stereocenters. The van der Waals surface area contributed by atoms with Crippen molar-refractivity contribution >= 4 is 27.0 Å². The number of aromatic hydroxyl groups is 1. The van der Waals surface area contributed by atoms with Crippen LogP contribution in [0.25, 0.3) is 11.1 Å². The Kier molecular flexibility index (Phi) is 4.06. The van der Waals surface area contributed by atoms with Gasteiger partial charge in [-0.15, -0.1) is 11.3 Å². The van der Waals surface area contributed by atoms with Gasteiger partial charge in [0, 0.05) is 5.69 Å². The third kappa shape index (κ3) is 3.35. The SMILES string of the molecule is O=S(=O)(Nc1ccc(-c2cccc(O)c2)cc1)c1sccc1F. The standard InChI is InChI=1S/C16H12FNO3S2/c17-15-8-9-22-16(15)23(20,21)18-13-6-4-11(5-7-13)12-2-1-3-14(19)10-12/h1-10,18-19H. The number of hydrogen-bond donors (Lipinski definition) is 2. The van der Waals surface area contributed by atoms with Crippen LogP contribution in [0.1, 0.15) is 0 Å². The van der Waals surface area contributed by atoms with Gasteiger partial charge in [-0.25, -0.2) is 12.8 Å². The first-order valence-electron chi connectivity index (χ1n) is 6.61. The molecule has 0 fully saturated rings. The third-order valence-electron chi connectivity index (χ3n) is 3.15. The van der Waals surface area contributed by atoms with Gasteiger partial charge >= 0.3 is 0 Å². The maximum Gasteiger partial charge on any atom is 0.274 e. The Bertz CT molecular complexity index is 934. The minimum absolute atomic E-state index is 0.153. The highest BCUT2D eigenvalue weighted by molar-refractivity contribution is 7.94. The number of halogens is 1. The van der Waals surface area contributed by atoms with Crippen molar-refractivity contribution in [2.45, 2.75) is 4.21 Å². The number of rotatable bonds is 4. The summed E-state index contributed by atoms with van der Waals surface area (Å²) in [6.07, 6.45) is 0. The van der Waals surface area contributed by atoms with Crippen molar-refractivity contribution in [3.63, 3.8) is 0 Å². The third-order valence-corrected chi connectivity index (χ3v) is 5.96. The fraction of sp³-hybridized carbons (Fsp3) is 0. The lowest BCUT2D eigenvalue weighted by atomic mass is 10.1. The molecule has 3 rings (SSSR count). The maximum atomic E-state index is 13.4. The van der Waals surface area contributed by atoms with Gasteiger partial charge in [-0.1, -0.05) is 24.3 Å². The van der Waals surface area contributed by atoms with E-state index in [1.165, 1.54) is 5.38 Å². The van der Waals surface area contributed by atoms with E-state index in [0.29, 0.717) is 5.69 Å². The number of benzene rings is 2. The van der Waals surface area contributed by atoms with E-state index in [4.69, 9.17) is 0 Å². The minimum atomic E-state index is -3.93. The molecule has 2 aromatic carbocycles. The van der Waals surface area contributed by atoms with Gasteiger partial charge < -0.3 is 5.11 Å². The summed E-state index contributed by atoms with van der Waals surface area (Å²) >= 11 is 0.824. The average Bonchev–Trinajstić information content (AvgIpc) is 2.95. The smallest absolute Gasteiger partial charge is 0.274 e. The lowest BCUT2D eigenvalue weighted by Crippen LogP contribution is -2.12. The van der Waals surface area contributed by atoms with Gasteiger partial charge in [-0.2, -0.15) is 0 Å². The van der Waals surface area contributed by atoms with Crippen molar-refractivity contribution in [2.24, 2.45) is 0 Å². The van der Waals surface area contributed by atoms with E-state index in [0.717, 1.165) is 28.5 Å². The van der Waals surface area contributed by atoms with Crippen molar-refractivity contribution in [1.29, 1.82) is 0 Å². The highest BCUT2D eigenvalue weighted by atomic mass is 32.2. The normalized spacial score (nSPS) is 11.3. The average molecular weight is 349 g/mol. The molecule has 0 radical (unpaired) electrons. The van der Waals surface area contributed by atoms with Gasteiger partial charge in [0.1, 0.15) is 5.75 Å². The number of nitrogens with one attached hydrogen (secondary N) is 1. The number of thiophene rings is 1. The zero-order valence-corrected chi connectivity index (χ0v) is 13.4. The lowest BCUT2D eigenvalue weighted by Gasteiger charge is -2.08. The van der Waals surface area contributed by atoms with Crippen molar-refractivity contribution < 1.29 is 17.9 Å².